The highest BCUT2D eigenvalue weighted by atomic mass is 16.5. The summed E-state index contributed by atoms with van der Waals surface area (Å²) in [5, 5.41) is 5.33. The molecule has 0 radical (unpaired) electrons. The van der Waals surface area contributed by atoms with Crippen molar-refractivity contribution in [1.82, 2.24) is 10.2 Å². The van der Waals surface area contributed by atoms with E-state index in [0.29, 0.717) is 17.9 Å². The molecule has 1 aromatic rings. The maximum absolute atomic E-state index is 12.7. The highest BCUT2D eigenvalue weighted by molar-refractivity contribution is 5.95. The quantitative estimate of drug-likeness (QED) is 0.612. The van der Waals surface area contributed by atoms with Gasteiger partial charge in [-0.2, -0.15) is 0 Å². The number of benzene rings is 1. The van der Waals surface area contributed by atoms with Gasteiger partial charge in [-0.25, -0.2) is 0 Å². The summed E-state index contributed by atoms with van der Waals surface area (Å²) < 4.78 is 5.08. The normalized spacial score (nSPS) is 14.6. The number of ether oxygens (including phenoxy) is 1. The van der Waals surface area contributed by atoms with Crippen LogP contribution >= 0.6 is 0 Å². The average molecular weight is 418 g/mol. The smallest absolute Gasteiger partial charge is 0.243 e. The third kappa shape index (κ3) is 8.43. The minimum atomic E-state index is -0.323. The van der Waals surface area contributed by atoms with E-state index in [0.717, 1.165) is 19.3 Å². The molecule has 0 heterocycles. The molecule has 1 saturated carbocycles. The predicted molar refractivity (Wildman–Crippen MR) is 117 cm³/mol. The molecule has 7 heteroatoms. The van der Waals surface area contributed by atoms with Crippen LogP contribution < -0.4 is 15.4 Å². The van der Waals surface area contributed by atoms with Crippen molar-refractivity contribution in [3.8, 4) is 5.75 Å². The van der Waals surface area contributed by atoms with Crippen LogP contribution in [0.4, 0.5) is 5.69 Å². The van der Waals surface area contributed by atoms with Crippen LogP contribution in [0.3, 0.4) is 0 Å². The van der Waals surface area contributed by atoms with Crippen LogP contribution in [0, 0.1) is 11.3 Å². The molecule has 2 rings (SSSR count). The van der Waals surface area contributed by atoms with Crippen molar-refractivity contribution in [3.63, 3.8) is 0 Å². The number of carbonyl (C=O) groups is 3. The molecular weight excluding hydrogens is 382 g/mol. The minimum Gasteiger partial charge on any atom is -0.497 e. The largest absolute Gasteiger partial charge is 0.497 e. The average Bonchev–Trinajstić information content (AvgIpc) is 3.48. The van der Waals surface area contributed by atoms with Crippen LogP contribution in [0.25, 0.3) is 0 Å². The molecule has 0 aromatic heterocycles. The van der Waals surface area contributed by atoms with Crippen molar-refractivity contribution >= 4 is 23.4 Å². The number of amides is 3. The zero-order valence-corrected chi connectivity index (χ0v) is 18.8. The first-order chi connectivity index (χ1) is 14.1. The number of rotatable bonds is 10. The molecule has 1 atom stereocenters. The molecule has 30 heavy (non-hydrogen) atoms. The van der Waals surface area contributed by atoms with Gasteiger partial charge in [0.1, 0.15) is 5.75 Å². The second kappa shape index (κ2) is 10.5. The van der Waals surface area contributed by atoms with Gasteiger partial charge in [0.15, 0.2) is 0 Å². The fourth-order valence-electron chi connectivity index (χ4n) is 3.61. The summed E-state index contributed by atoms with van der Waals surface area (Å²) in [6.07, 6.45) is 3.27. The topological polar surface area (TPSA) is 87.7 Å². The lowest BCUT2D eigenvalue weighted by molar-refractivity contribution is -0.137. The number of anilines is 1. The molecule has 0 saturated heterocycles. The van der Waals surface area contributed by atoms with Gasteiger partial charge in [-0.15, -0.1) is 0 Å². The fourth-order valence-corrected chi connectivity index (χ4v) is 3.61. The predicted octanol–water partition coefficient (Wildman–Crippen LogP) is 3.20. The maximum atomic E-state index is 12.7. The van der Waals surface area contributed by atoms with E-state index in [1.807, 2.05) is 0 Å². The van der Waals surface area contributed by atoms with E-state index in [-0.39, 0.29) is 48.2 Å². The van der Waals surface area contributed by atoms with Crippen LogP contribution in [-0.2, 0) is 14.4 Å². The Balaban J connectivity index is 1.79. The second-order valence-electron chi connectivity index (χ2n) is 9.38. The molecule has 0 bridgehead atoms. The molecule has 3 amide bonds. The first kappa shape index (κ1) is 23.7. The van der Waals surface area contributed by atoms with Gasteiger partial charge in [-0.1, -0.05) is 27.7 Å². The summed E-state index contributed by atoms with van der Waals surface area (Å²) in [5.41, 5.74) is 0.788. The van der Waals surface area contributed by atoms with E-state index >= 15 is 0 Å². The monoisotopic (exact) mass is 417 g/mol. The van der Waals surface area contributed by atoms with Crippen LogP contribution in [0.15, 0.2) is 24.3 Å². The van der Waals surface area contributed by atoms with E-state index in [4.69, 9.17) is 4.74 Å². The lowest BCUT2D eigenvalue weighted by atomic mass is 9.84. The number of nitrogens with one attached hydrogen (secondary N) is 2. The molecular formula is C23H35N3O4. The van der Waals surface area contributed by atoms with E-state index in [1.165, 1.54) is 0 Å². The van der Waals surface area contributed by atoms with Gasteiger partial charge in [0.25, 0.3) is 0 Å². The van der Waals surface area contributed by atoms with Crippen LogP contribution in [0.2, 0.25) is 0 Å². The van der Waals surface area contributed by atoms with Crippen LogP contribution in [0.5, 0.6) is 5.75 Å². The fraction of sp³-hybridized carbons (Fsp3) is 0.609. The summed E-state index contributed by atoms with van der Waals surface area (Å²) in [6, 6.07) is 7.09. The Morgan fingerprint density at radius 1 is 1.13 bits per heavy atom. The summed E-state index contributed by atoms with van der Waals surface area (Å²) in [4.78, 5) is 38.8. The van der Waals surface area contributed by atoms with Crippen LogP contribution in [-0.4, -0.2) is 48.9 Å². The Bertz CT molecular complexity index is 736. The molecule has 0 spiro atoms. The highest BCUT2D eigenvalue weighted by Crippen LogP contribution is 2.30. The molecule has 1 aliphatic carbocycles. The first-order valence-electron chi connectivity index (χ1n) is 10.6. The summed E-state index contributed by atoms with van der Waals surface area (Å²) >= 11 is 0. The van der Waals surface area contributed by atoms with Crippen molar-refractivity contribution in [2.75, 3.05) is 25.5 Å². The van der Waals surface area contributed by atoms with Crippen molar-refractivity contribution in [1.29, 1.82) is 0 Å². The van der Waals surface area contributed by atoms with E-state index in [2.05, 4.69) is 38.3 Å². The molecule has 1 unspecified atom stereocenters. The zero-order chi connectivity index (χ0) is 22.3. The van der Waals surface area contributed by atoms with Crippen molar-refractivity contribution in [2.45, 2.75) is 59.4 Å². The van der Waals surface area contributed by atoms with Crippen LogP contribution in [0.1, 0.15) is 53.4 Å². The zero-order valence-electron chi connectivity index (χ0n) is 18.8. The summed E-state index contributed by atoms with van der Waals surface area (Å²) in [7, 11) is 1.57. The molecule has 1 aromatic carbocycles. The first-order valence-corrected chi connectivity index (χ1v) is 10.6. The summed E-state index contributed by atoms with van der Waals surface area (Å²) in [5.74, 6) is 0.340. The Morgan fingerprint density at radius 3 is 2.30 bits per heavy atom. The number of carbonyl (C=O) groups excluding carboxylic acids is 3. The lowest BCUT2D eigenvalue weighted by Gasteiger charge is -2.26. The van der Waals surface area contributed by atoms with Gasteiger partial charge < -0.3 is 20.3 Å². The Kier molecular flexibility index (Phi) is 8.26. The molecule has 0 aliphatic heterocycles. The number of hydrogen-bond donors (Lipinski definition) is 2. The van der Waals surface area contributed by atoms with Gasteiger partial charge in [-0.05, 0) is 54.9 Å². The van der Waals surface area contributed by atoms with Gasteiger partial charge in [0, 0.05) is 18.2 Å². The highest BCUT2D eigenvalue weighted by Gasteiger charge is 2.34. The Morgan fingerprint density at radius 2 is 1.77 bits per heavy atom. The van der Waals surface area contributed by atoms with Gasteiger partial charge in [-0.3, -0.25) is 14.4 Å². The Labute approximate surface area is 179 Å². The number of methoxy groups -OCH3 is 1. The second-order valence-corrected chi connectivity index (χ2v) is 9.38. The number of nitrogens with zero attached hydrogens (tertiary/aromatic N) is 1. The SMILES string of the molecule is COc1ccc(NC(=O)CNC(=O)CN(C(=O)CC(C)CC(C)(C)C)C2CC2)cc1. The Hall–Kier alpha value is -2.57. The van der Waals surface area contributed by atoms with Crippen molar-refractivity contribution in [3.05, 3.63) is 24.3 Å². The van der Waals surface area contributed by atoms with Crippen molar-refractivity contribution < 1.29 is 19.1 Å². The van der Waals surface area contributed by atoms with Crippen molar-refractivity contribution in [2.24, 2.45) is 11.3 Å². The summed E-state index contributed by atoms with van der Waals surface area (Å²) in [6.45, 7) is 8.43. The number of hydrogen-bond acceptors (Lipinski definition) is 4. The lowest BCUT2D eigenvalue weighted by Crippen LogP contribution is -2.44. The standard InChI is InChI=1S/C23H35N3O4/c1-16(13-23(2,3)4)12-22(29)26(18-8-9-18)15-21(28)24-14-20(27)25-17-6-10-19(30-5)11-7-17/h6-7,10-11,16,18H,8-9,12-15H2,1-5H3,(H,24,28)(H,25,27). The molecule has 7 nitrogen and oxygen atoms in total. The van der Waals surface area contributed by atoms with Gasteiger partial charge in [0.2, 0.25) is 17.7 Å². The molecule has 166 valence electrons. The van der Waals surface area contributed by atoms with Gasteiger partial charge >= 0.3 is 0 Å². The van der Waals surface area contributed by atoms with E-state index in [9.17, 15) is 14.4 Å². The third-order valence-corrected chi connectivity index (χ3v) is 4.93. The van der Waals surface area contributed by atoms with E-state index in [1.54, 1.807) is 36.3 Å². The van der Waals surface area contributed by atoms with E-state index < -0.39 is 0 Å². The maximum Gasteiger partial charge on any atom is 0.243 e. The molecule has 1 aliphatic rings. The molecule has 2 N–H and O–H groups in total. The molecule has 1 fully saturated rings. The third-order valence-electron chi connectivity index (χ3n) is 4.93. The minimum absolute atomic E-state index is 0.00154. The van der Waals surface area contributed by atoms with Gasteiger partial charge in [0.05, 0.1) is 20.2 Å².